The van der Waals surface area contributed by atoms with Gasteiger partial charge in [0.25, 0.3) is 5.91 Å². The highest BCUT2D eigenvalue weighted by Crippen LogP contribution is 2.45. The summed E-state index contributed by atoms with van der Waals surface area (Å²) in [5.74, 6) is -2.85. The van der Waals surface area contributed by atoms with Crippen molar-refractivity contribution in [3.63, 3.8) is 0 Å². The SMILES string of the molecule is O=C(O)[C@@H]1c2ccccc2C(=O)N(c2cccc(C(F)(F)F)c2)[C@@H]1c1ccccc1. The van der Waals surface area contributed by atoms with E-state index in [9.17, 15) is 27.9 Å². The predicted molar refractivity (Wildman–Crippen MR) is 104 cm³/mol. The van der Waals surface area contributed by atoms with Crippen molar-refractivity contribution in [1.82, 2.24) is 0 Å². The molecule has 152 valence electrons. The molecule has 0 radical (unpaired) electrons. The summed E-state index contributed by atoms with van der Waals surface area (Å²) < 4.78 is 39.9. The molecule has 0 unspecified atom stereocenters. The first kappa shape index (κ1) is 19.7. The fraction of sp³-hybridized carbons (Fsp3) is 0.130. The number of nitrogens with zero attached hydrogens (tertiary/aromatic N) is 1. The summed E-state index contributed by atoms with van der Waals surface area (Å²) in [7, 11) is 0. The van der Waals surface area contributed by atoms with Gasteiger partial charge in [-0.2, -0.15) is 13.2 Å². The third-order valence-corrected chi connectivity index (χ3v) is 5.20. The number of aliphatic carboxylic acids is 1. The fourth-order valence-electron chi connectivity index (χ4n) is 3.91. The van der Waals surface area contributed by atoms with Gasteiger partial charge in [0.05, 0.1) is 11.6 Å². The highest BCUT2D eigenvalue weighted by molar-refractivity contribution is 6.11. The number of hydrogen-bond acceptors (Lipinski definition) is 2. The van der Waals surface area contributed by atoms with Gasteiger partial charge in [-0.1, -0.05) is 54.6 Å². The second-order valence-electron chi connectivity index (χ2n) is 6.98. The molecule has 0 spiro atoms. The average Bonchev–Trinajstić information content (AvgIpc) is 2.73. The third-order valence-electron chi connectivity index (χ3n) is 5.20. The van der Waals surface area contributed by atoms with Crippen LogP contribution in [0.1, 0.15) is 39.0 Å². The number of halogens is 3. The Morgan fingerprint density at radius 3 is 2.23 bits per heavy atom. The Labute approximate surface area is 170 Å². The second kappa shape index (κ2) is 7.33. The summed E-state index contributed by atoms with van der Waals surface area (Å²) in [6.45, 7) is 0. The highest BCUT2D eigenvalue weighted by atomic mass is 19.4. The van der Waals surface area contributed by atoms with Gasteiger partial charge in [0.2, 0.25) is 0 Å². The molecule has 4 rings (SSSR count). The highest BCUT2D eigenvalue weighted by Gasteiger charge is 2.45. The van der Waals surface area contributed by atoms with Gasteiger partial charge >= 0.3 is 12.1 Å². The Hall–Kier alpha value is -3.61. The molecule has 0 aliphatic carbocycles. The Morgan fingerprint density at radius 2 is 1.57 bits per heavy atom. The lowest BCUT2D eigenvalue weighted by Gasteiger charge is -2.41. The number of hydrogen-bond donors (Lipinski definition) is 1. The Kier molecular flexibility index (Phi) is 4.81. The van der Waals surface area contributed by atoms with Gasteiger partial charge in [-0.25, -0.2) is 0 Å². The molecule has 7 heteroatoms. The number of amides is 1. The van der Waals surface area contributed by atoms with Crippen LogP contribution in [0, 0.1) is 0 Å². The largest absolute Gasteiger partial charge is 0.481 e. The van der Waals surface area contributed by atoms with Crippen LogP contribution >= 0.6 is 0 Å². The van der Waals surface area contributed by atoms with Crippen LogP contribution in [0.4, 0.5) is 18.9 Å². The maximum Gasteiger partial charge on any atom is 0.416 e. The average molecular weight is 411 g/mol. The Balaban J connectivity index is 1.98. The van der Waals surface area contributed by atoms with E-state index in [-0.39, 0.29) is 11.3 Å². The molecule has 2 atom stereocenters. The summed E-state index contributed by atoms with van der Waals surface area (Å²) in [6.07, 6.45) is -4.60. The first-order chi connectivity index (χ1) is 14.3. The van der Waals surface area contributed by atoms with E-state index in [0.29, 0.717) is 11.1 Å². The lowest BCUT2D eigenvalue weighted by molar-refractivity contribution is -0.140. The van der Waals surface area contributed by atoms with Crippen LogP contribution in [-0.4, -0.2) is 17.0 Å². The molecule has 1 amide bonds. The zero-order valence-electron chi connectivity index (χ0n) is 15.5. The fourth-order valence-corrected chi connectivity index (χ4v) is 3.91. The van der Waals surface area contributed by atoms with Gasteiger partial charge in [-0.05, 0) is 35.4 Å². The minimum absolute atomic E-state index is 0.00979. The molecule has 30 heavy (non-hydrogen) atoms. The van der Waals surface area contributed by atoms with Crippen LogP contribution in [0.2, 0.25) is 0 Å². The minimum atomic E-state index is -4.60. The molecule has 0 saturated heterocycles. The number of carboxylic acid groups (broad SMARTS) is 1. The number of anilines is 1. The molecular formula is C23H16F3NO3. The number of alkyl halides is 3. The zero-order valence-corrected chi connectivity index (χ0v) is 15.5. The number of carbonyl (C=O) groups is 2. The van der Waals surface area contributed by atoms with Crippen molar-refractivity contribution in [3.8, 4) is 0 Å². The van der Waals surface area contributed by atoms with Crippen molar-refractivity contribution in [3.05, 3.63) is 101 Å². The van der Waals surface area contributed by atoms with E-state index in [0.717, 1.165) is 17.0 Å². The van der Waals surface area contributed by atoms with Crippen molar-refractivity contribution >= 4 is 17.6 Å². The van der Waals surface area contributed by atoms with Crippen LogP contribution in [0.3, 0.4) is 0 Å². The zero-order chi connectivity index (χ0) is 21.5. The van der Waals surface area contributed by atoms with E-state index in [1.54, 1.807) is 48.5 Å². The van der Waals surface area contributed by atoms with E-state index in [2.05, 4.69) is 0 Å². The molecule has 3 aromatic carbocycles. The molecule has 1 heterocycles. The van der Waals surface area contributed by atoms with Gasteiger partial charge in [0.15, 0.2) is 0 Å². The third kappa shape index (κ3) is 3.32. The molecule has 4 nitrogen and oxygen atoms in total. The van der Waals surface area contributed by atoms with Crippen molar-refractivity contribution in [2.45, 2.75) is 18.1 Å². The monoisotopic (exact) mass is 411 g/mol. The van der Waals surface area contributed by atoms with Crippen LogP contribution in [0.5, 0.6) is 0 Å². The molecule has 1 aliphatic rings. The quantitative estimate of drug-likeness (QED) is 0.638. The van der Waals surface area contributed by atoms with Crippen molar-refractivity contribution < 1.29 is 27.9 Å². The molecule has 0 fully saturated rings. The van der Waals surface area contributed by atoms with E-state index < -0.39 is 35.6 Å². The number of fused-ring (bicyclic) bond motifs is 1. The van der Waals surface area contributed by atoms with Gasteiger partial charge in [-0.3, -0.25) is 14.5 Å². The molecule has 1 N–H and O–H groups in total. The maximum absolute atomic E-state index is 13.4. The standard InChI is InChI=1S/C23H16F3NO3/c24-23(25,26)15-9-6-10-16(13-15)27-20(14-7-2-1-3-8-14)19(22(29)30)17-11-4-5-12-18(17)21(27)28/h1-13,19-20H,(H,29,30)/t19-,20-/m1/s1. The minimum Gasteiger partial charge on any atom is -0.481 e. The summed E-state index contributed by atoms with van der Waals surface area (Å²) in [6, 6.07) is 18.2. The van der Waals surface area contributed by atoms with Crippen LogP contribution in [0.15, 0.2) is 78.9 Å². The van der Waals surface area contributed by atoms with E-state index in [1.807, 2.05) is 0 Å². The smallest absolute Gasteiger partial charge is 0.416 e. The molecule has 3 aromatic rings. The van der Waals surface area contributed by atoms with Crippen molar-refractivity contribution in [1.29, 1.82) is 0 Å². The topological polar surface area (TPSA) is 57.6 Å². The second-order valence-corrected chi connectivity index (χ2v) is 6.98. The Bertz CT molecular complexity index is 1110. The van der Waals surface area contributed by atoms with Gasteiger partial charge in [0, 0.05) is 11.3 Å². The van der Waals surface area contributed by atoms with Crippen molar-refractivity contribution in [2.24, 2.45) is 0 Å². The van der Waals surface area contributed by atoms with Crippen LogP contribution < -0.4 is 4.90 Å². The summed E-state index contributed by atoms with van der Waals surface area (Å²) >= 11 is 0. The van der Waals surface area contributed by atoms with Gasteiger partial charge in [0.1, 0.15) is 5.92 Å². The van der Waals surface area contributed by atoms with E-state index in [4.69, 9.17) is 0 Å². The molecular weight excluding hydrogens is 395 g/mol. The van der Waals surface area contributed by atoms with Crippen LogP contribution in [0.25, 0.3) is 0 Å². The van der Waals surface area contributed by atoms with Gasteiger partial charge in [-0.15, -0.1) is 0 Å². The van der Waals surface area contributed by atoms with Crippen LogP contribution in [-0.2, 0) is 11.0 Å². The summed E-state index contributed by atoms with van der Waals surface area (Å²) in [5, 5.41) is 10.0. The molecule has 0 bridgehead atoms. The summed E-state index contributed by atoms with van der Waals surface area (Å²) in [5.41, 5.74) is 0.0986. The van der Waals surface area contributed by atoms with E-state index in [1.165, 1.54) is 18.2 Å². The number of benzene rings is 3. The lowest BCUT2D eigenvalue weighted by Crippen LogP contribution is -2.45. The predicted octanol–water partition coefficient (Wildman–Crippen LogP) is 5.28. The summed E-state index contributed by atoms with van der Waals surface area (Å²) in [4.78, 5) is 26.8. The normalized spacial score (nSPS) is 18.8. The lowest BCUT2D eigenvalue weighted by atomic mass is 9.79. The molecule has 0 saturated carbocycles. The maximum atomic E-state index is 13.4. The number of rotatable bonds is 3. The first-order valence-electron chi connectivity index (χ1n) is 9.16. The van der Waals surface area contributed by atoms with Crippen molar-refractivity contribution in [2.75, 3.05) is 4.90 Å². The number of carbonyl (C=O) groups excluding carboxylic acids is 1. The molecule has 0 aromatic heterocycles. The number of carboxylic acids is 1. The van der Waals surface area contributed by atoms with Gasteiger partial charge < -0.3 is 5.11 Å². The molecule has 1 aliphatic heterocycles. The van der Waals surface area contributed by atoms with E-state index >= 15 is 0 Å². The Morgan fingerprint density at radius 1 is 0.900 bits per heavy atom. The first-order valence-corrected chi connectivity index (χ1v) is 9.16.